The normalized spacial score (nSPS) is 10.3. The lowest BCUT2D eigenvalue weighted by Gasteiger charge is -2.04. The fourth-order valence-electron chi connectivity index (χ4n) is 1.51. The predicted octanol–water partition coefficient (Wildman–Crippen LogP) is 1.37. The number of carbonyl (C=O) groups excluding carboxylic acids is 1. The van der Waals surface area contributed by atoms with Crippen LogP contribution < -0.4 is 10.6 Å². The van der Waals surface area contributed by atoms with Gasteiger partial charge in [0, 0.05) is 30.9 Å². The maximum atomic E-state index is 11.2. The fraction of sp³-hybridized carbons (Fsp3) is 0.500. The number of carboxylic acid groups (broad SMARTS) is 1. The summed E-state index contributed by atoms with van der Waals surface area (Å²) in [5, 5.41) is 14.7. The number of hydrogen-bond acceptors (Lipinski definition) is 4. The van der Waals surface area contributed by atoms with Crippen LogP contribution in [0.5, 0.6) is 0 Å². The second-order valence-corrected chi connectivity index (χ2v) is 5.13. The average Bonchev–Trinajstić information content (AvgIpc) is 2.67. The van der Waals surface area contributed by atoms with Gasteiger partial charge in [-0.2, -0.15) is 0 Å². The van der Waals surface area contributed by atoms with Crippen LogP contribution in [-0.4, -0.2) is 30.1 Å². The summed E-state index contributed by atoms with van der Waals surface area (Å²) in [6.45, 7) is 5.61. The predicted molar refractivity (Wildman–Crippen MR) is 71.0 cm³/mol. The highest BCUT2D eigenvalue weighted by Crippen LogP contribution is 2.21. The molecular weight excluding hydrogens is 252 g/mol. The summed E-state index contributed by atoms with van der Waals surface area (Å²) >= 11 is 1.28. The van der Waals surface area contributed by atoms with E-state index in [0.29, 0.717) is 30.9 Å². The molecule has 0 aliphatic carbocycles. The molecule has 0 fully saturated rings. The molecule has 0 unspecified atom stereocenters. The summed E-state index contributed by atoms with van der Waals surface area (Å²) in [6.07, 6.45) is 0.433. The molecule has 1 rings (SSSR count). The van der Waals surface area contributed by atoms with Crippen LogP contribution in [0, 0.1) is 6.92 Å². The maximum absolute atomic E-state index is 11.2. The largest absolute Gasteiger partial charge is 0.477 e. The Labute approximate surface area is 110 Å². The second-order valence-electron chi connectivity index (χ2n) is 3.88. The van der Waals surface area contributed by atoms with E-state index in [1.54, 1.807) is 6.07 Å². The van der Waals surface area contributed by atoms with E-state index in [2.05, 4.69) is 10.6 Å². The molecule has 6 heteroatoms. The van der Waals surface area contributed by atoms with Gasteiger partial charge in [-0.05, 0) is 25.5 Å². The van der Waals surface area contributed by atoms with Crippen LogP contribution in [0.15, 0.2) is 6.07 Å². The van der Waals surface area contributed by atoms with Crippen molar-refractivity contribution in [1.82, 2.24) is 10.6 Å². The number of nitrogens with one attached hydrogen (secondary N) is 2. The first kappa shape index (κ1) is 14.7. The molecule has 1 amide bonds. The van der Waals surface area contributed by atoms with Crippen molar-refractivity contribution in [3.05, 3.63) is 21.4 Å². The van der Waals surface area contributed by atoms with Gasteiger partial charge in [-0.3, -0.25) is 4.79 Å². The first-order valence-electron chi connectivity index (χ1n) is 5.84. The zero-order chi connectivity index (χ0) is 13.5. The number of amides is 1. The van der Waals surface area contributed by atoms with E-state index in [-0.39, 0.29) is 5.91 Å². The summed E-state index contributed by atoms with van der Waals surface area (Å²) in [5.74, 6) is -0.866. The molecule has 0 bridgehead atoms. The molecule has 0 aliphatic rings. The van der Waals surface area contributed by atoms with Crippen molar-refractivity contribution in [1.29, 1.82) is 0 Å². The van der Waals surface area contributed by atoms with Gasteiger partial charge in [0.05, 0.1) is 0 Å². The zero-order valence-corrected chi connectivity index (χ0v) is 11.4. The molecule has 0 aromatic carbocycles. The topological polar surface area (TPSA) is 78.4 Å². The van der Waals surface area contributed by atoms with Crippen LogP contribution in [0.4, 0.5) is 0 Å². The third-order valence-electron chi connectivity index (χ3n) is 2.45. The van der Waals surface area contributed by atoms with Gasteiger partial charge in [0.15, 0.2) is 0 Å². The van der Waals surface area contributed by atoms with Crippen molar-refractivity contribution < 1.29 is 14.7 Å². The Balaban J connectivity index is 2.35. The summed E-state index contributed by atoms with van der Waals surface area (Å²) in [5.41, 5.74) is 0.980. The van der Waals surface area contributed by atoms with Crippen LogP contribution in [0.3, 0.4) is 0 Å². The smallest absolute Gasteiger partial charge is 0.345 e. The lowest BCUT2D eigenvalue weighted by Crippen LogP contribution is -2.27. The van der Waals surface area contributed by atoms with Crippen molar-refractivity contribution in [2.45, 2.75) is 26.8 Å². The van der Waals surface area contributed by atoms with Gasteiger partial charge in [-0.15, -0.1) is 11.3 Å². The molecule has 0 aliphatic heterocycles. The van der Waals surface area contributed by atoms with E-state index in [1.165, 1.54) is 11.3 Å². The van der Waals surface area contributed by atoms with E-state index in [0.717, 1.165) is 10.4 Å². The van der Waals surface area contributed by atoms with Crippen LogP contribution in [0.1, 0.15) is 33.5 Å². The third-order valence-corrected chi connectivity index (χ3v) is 3.53. The molecule has 0 radical (unpaired) electrons. The molecule has 5 nitrogen and oxygen atoms in total. The van der Waals surface area contributed by atoms with Crippen molar-refractivity contribution in [3.8, 4) is 0 Å². The fourth-order valence-corrected chi connectivity index (χ4v) is 2.39. The molecule has 0 saturated heterocycles. The Bertz CT molecular complexity index is 429. The molecule has 0 spiro atoms. The lowest BCUT2D eigenvalue weighted by atomic mass is 10.2. The molecule has 100 valence electrons. The number of aromatic carboxylic acids is 1. The van der Waals surface area contributed by atoms with E-state index in [4.69, 9.17) is 5.11 Å². The van der Waals surface area contributed by atoms with E-state index in [9.17, 15) is 9.59 Å². The molecular formula is C12H18N2O3S. The molecule has 0 saturated carbocycles. The standard InChI is InChI=1S/C12H18N2O3S/c1-3-14-11(15)4-5-13-7-9-6-10(12(16)17)18-8(9)2/h6,13H,3-5,7H2,1-2H3,(H,14,15)(H,16,17). The summed E-state index contributed by atoms with van der Waals surface area (Å²) < 4.78 is 0. The number of carbonyl (C=O) groups is 2. The SMILES string of the molecule is CCNC(=O)CCNCc1cc(C(=O)O)sc1C. The minimum Gasteiger partial charge on any atom is -0.477 e. The molecule has 18 heavy (non-hydrogen) atoms. The van der Waals surface area contributed by atoms with Gasteiger partial charge in [0.1, 0.15) is 4.88 Å². The van der Waals surface area contributed by atoms with Crippen molar-refractivity contribution in [2.24, 2.45) is 0 Å². The Kier molecular flexibility index (Phi) is 5.80. The molecule has 1 heterocycles. The van der Waals surface area contributed by atoms with Crippen LogP contribution in [-0.2, 0) is 11.3 Å². The summed E-state index contributed by atoms with van der Waals surface area (Å²) in [7, 11) is 0. The van der Waals surface area contributed by atoms with Gasteiger partial charge in [0.2, 0.25) is 5.91 Å². The quantitative estimate of drug-likeness (QED) is 0.654. The van der Waals surface area contributed by atoms with Gasteiger partial charge < -0.3 is 15.7 Å². The second kappa shape index (κ2) is 7.13. The van der Waals surface area contributed by atoms with E-state index < -0.39 is 5.97 Å². The number of aryl methyl sites for hydroxylation is 1. The minimum absolute atomic E-state index is 0.0262. The lowest BCUT2D eigenvalue weighted by molar-refractivity contribution is -0.120. The molecule has 1 aromatic heterocycles. The van der Waals surface area contributed by atoms with Crippen LogP contribution in [0.25, 0.3) is 0 Å². The molecule has 1 aromatic rings. The summed E-state index contributed by atoms with van der Waals surface area (Å²) in [6, 6.07) is 1.68. The first-order valence-corrected chi connectivity index (χ1v) is 6.66. The monoisotopic (exact) mass is 270 g/mol. The van der Waals surface area contributed by atoms with Crippen molar-refractivity contribution in [3.63, 3.8) is 0 Å². The van der Waals surface area contributed by atoms with Crippen LogP contribution >= 0.6 is 11.3 Å². The van der Waals surface area contributed by atoms with E-state index >= 15 is 0 Å². The number of rotatable bonds is 7. The zero-order valence-electron chi connectivity index (χ0n) is 10.6. The molecule has 3 N–H and O–H groups in total. The third kappa shape index (κ3) is 4.46. The van der Waals surface area contributed by atoms with Gasteiger partial charge >= 0.3 is 5.97 Å². The Hall–Kier alpha value is -1.40. The van der Waals surface area contributed by atoms with Crippen molar-refractivity contribution >= 4 is 23.2 Å². The minimum atomic E-state index is -0.892. The first-order chi connectivity index (χ1) is 8.54. The van der Waals surface area contributed by atoms with Gasteiger partial charge in [0.25, 0.3) is 0 Å². The Morgan fingerprint density at radius 1 is 1.44 bits per heavy atom. The van der Waals surface area contributed by atoms with Crippen molar-refractivity contribution in [2.75, 3.05) is 13.1 Å². The number of hydrogen-bond donors (Lipinski definition) is 3. The van der Waals surface area contributed by atoms with Crippen LogP contribution in [0.2, 0.25) is 0 Å². The number of thiophene rings is 1. The number of carboxylic acids is 1. The van der Waals surface area contributed by atoms with Gasteiger partial charge in [-0.1, -0.05) is 0 Å². The van der Waals surface area contributed by atoms with Gasteiger partial charge in [-0.25, -0.2) is 4.79 Å². The Morgan fingerprint density at radius 3 is 2.72 bits per heavy atom. The highest BCUT2D eigenvalue weighted by Gasteiger charge is 2.10. The van der Waals surface area contributed by atoms with E-state index in [1.807, 2.05) is 13.8 Å². The maximum Gasteiger partial charge on any atom is 0.345 e. The average molecular weight is 270 g/mol. The highest BCUT2D eigenvalue weighted by molar-refractivity contribution is 7.14. The summed E-state index contributed by atoms with van der Waals surface area (Å²) in [4.78, 5) is 23.3. The molecule has 0 atom stereocenters. The Morgan fingerprint density at radius 2 is 2.17 bits per heavy atom. The highest BCUT2D eigenvalue weighted by atomic mass is 32.1.